The van der Waals surface area contributed by atoms with Crippen LogP contribution in [-0.4, -0.2) is 10.1 Å². The quantitative estimate of drug-likeness (QED) is 0.860. The van der Waals surface area contributed by atoms with Gasteiger partial charge in [-0.3, -0.25) is 4.98 Å². The molecule has 88 valence electrons. The molecule has 2 heterocycles. The predicted molar refractivity (Wildman–Crippen MR) is 63.5 cm³/mol. The number of fused-ring (bicyclic) bond motifs is 1. The lowest BCUT2D eigenvalue weighted by molar-refractivity contribution is 0.0160. The number of hydrogen-bond acceptors (Lipinski definition) is 3. The van der Waals surface area contributed by atoms with E-state index in [0.29, 0.717) is 6.42 Å². The van der Waals surface area contributed by atoms with Crippen LogP contribution in [0.2, 0.25) is 0 Å². The Hall–Kier alpha value is -1.61. The molecular formula is C14H15NO2. The summed E-state index contributed by atoms with van der Waals surface area (Å²) in [4.78, 5) is 4.28. The van der Waals surface area contributed by atoms with Gasteiger partial charge in [0, 0.05) is 30.3 Å². The maximum Gasteiger partial charge on any atom is 0.109 e. The lowest BCUT2D eigenvalue weighted by atomic mass is 9.80. The lowest BCUT2D eigenvalue weighted by Crippen LogP contribution is -2.32. The van der Waals surface area contributed by atoms with Crippen LogP contribution in [0.5, 0.6) is 0 Å². The van der Waals surface area contributed by atoms with Crippen LogP contribution in [0.25, 0.3) is 0 Å². The van der Waals surface area contributed by atoms with Crippen molar-refractivity contribution >= 4 is 0 Å². The highest BCUT2D eigenvalue weighted by Gasteiger charge is 2.36. The minimum Gasteiger partial charge on any atom is -0.469 e. The highest BCUT2D eigenvalue weighted by atomic mass is 16.3. The molecule has 0 amide bonds. The zero-order valence-electron chi connectivity index (χ0n) is 9.60. The van der Waals surface area contributed by atoms with Crippen molar-refractivity contribution in [1.29, 1.82) is 0 Å². The molecule has 1 N–H and O–H groups in total. The summed E-state index contributed by atoms with van der Waals surface area (Å²) < 4.78 is 5.41. The second-order valence-electron chi connectivity index (χ2n) is 4.64. The maximum atomic E-state index is 10.8. The SMILES string of the molecule is OC1(Cc2ccccn2)CCCc2occc21. The molecule has 3 rings (SSSR count). The molecule has 1 aliphatic carbocycles. The summed E-state index contributed by atoms with van der Waals surface area (Å²) in [5, 5.41) is 10.8. The van der Waals surface area contributed by atoms with Crippen molar-refractivity contribution in [3.8, 4) is 0 Å². The molecule has 0 saturated carbocycles. The van der Waals surface area contributed by atoms with Crippen LogP contribution in [-0.2, 0) is 18.4 Å². The van der Waals surface area contributed by atoms with Crippen LogP contribution >= 0.6 is 0 Å². The Balaban J connectivity index is 1.93. The molecule has 0 spiro atoms. The molecule has 0 aliphatic heterocycles. The first-order chi connectivity index (χ1) is 8.28. The Morgan fingerprint density at radius 3 is 3.12 bits per heavy atom. The van der Waals surface area contributed by atoms with Gasteiger partial charge in [0.15, 0.2) is 0 Å². The van der Waals surface area contributed by atoms with Gasteiger partial charge in [-0.15, -0.1) is 0 Å². The smallest absolute Gasteiger partial charge is 0.109 e. The molecule has 2 aromatic heterocycles. The highest BCUT2D eigenvalue weighted by Crippen LogP contribution is 2.38. The van der Waals surface area contributed by atoms with Crippen LogP contribution in [0.4, 0.5) is 0 Å². The van der Waals surface area contributed by atoms with Crippen LogP contribution < -0.4 is 0 Å². The van der Waals surface area contributed by atoms with E-state index in [-0.39, 0.29) is 0 Å². The Labute approximate surface area is 100 Å². The molecule has 0 bridgehead atoms. The number of rotatable bonds is 2. The average molecular weight is 229 g/mol. The van der Waals surface area contributed by atoms with E-state index >= 15 is 0 Å². The zero-order valence-corrected chi connectivity index (χ0v) is 9.60. The molecule has 0 saturated heterocycles. The van der Waals surface area contributed by atoms with E-state index in [1.165, 1.54) is 0 Å². The molecule has 1 unspecified atom stereocenters. The second kappa shape index (κ2) is 4.00. The molecule has 0 radical (unpaired) electrons. The van der Waals surface area contributed by atoms with Gasteiger partial charge in [-0.25, -0.2) is 0 Å². The first-order valence-corrected chi connectivity index (χ1v) is 5.97. The molecule has 3 heteroatoms. The Morgan fingerprint density at radius 1 is 1.35 bits per heavy atom. The topological polar surface area (TPSA) is 46.3 Å². The van der Waals surface area contributed by atoms with Crippen LogP contribution in [0, 0.1) is 0 Å². The van der Waals surface area contributed by atoms with Gasteiger partial charge in [-0.1, -0.05) is 6.07 Å². The van der Waals surface area contributed by atoms with Gasteiger partial charge in [-0.05, 0) is 31.0 Å². The van der Waals surface area contributed by atoms with Crippen molar-refractivity contribution < 1.29 is 9.52 Å². The van der Waals surface area contributed by atoms with Crippen LogP contribution in [0.1, 0.15) is 29.9 Å². The maximum absolute atomic E-state index is 10.8. The van der Waals surface area contributed by atoms with Crippen molar-refractivity contribution in [1.82, 2.24) is 4.98 Å². The van der Waals surface area contributed by atoms with E-state index in [0.717, 1.165) is 36.3 Å². The molecule has 2 aromatic rings. The summed E-state index contributed by atoms with van der Waals surface area (Å²) in [5.41, 5.74) is 1.05. The van der Waals surface area contributed by atoms with Gasteiger partial charge in [-0.2, -0.15) is 0 Å². The summed E-state index contributed by atoms with van der Waals surface area (Å²) >= 11 is 0. The summed E-state index contributed by atoms with van der Waals surface area (Å²) in [6.45, 7) is 0. The Kier molecular flexibility index (Phi) is 2.48. The van der Waals surface area contributed by atoms with E-state index < -0.39 is 5.60 Å². The summed E-state index contributed by atoms with van der Waals surface area (Å²) in [6.07, 6.45) is 6.64. The van der Waals surface area contributed by atoms with Crippen molar-refractivity contribution in [2.24, 2.45) is 0 Å². The third-order valence-corrected chi connectivity index (χ3v) is 3.44. The zero-order chi connectivity index (χ0) is 11.7. The van der Waals surface area contributed by atoms with Gasteiger partial charge < -0.3 is 9.52 Å². The van der Waals surface area contributed by atoms with Crippen molar-refractivity contribution in [3.05, 3.63) is 53.7 Å². The van der Waals surface area contributed by atoms with E-state index in [4.69, 9.17) is 4.42 Å². The number of pyridine rings is 1. The number of aryl methyl sites for hydroxylation is 1. The number of nitrogens with zero attached hydrogens (tertiary/aromatic N) is 1. The average Bonchev–Trinajstić information content (AvgIpc) is 2.80. The summed E-state index contributed by atoms with van der Waals surface area (Å²) in [7, 11) is 0. The molecule has 1 aliphatic rings. The highest BCUT2D eigenvalue weighted by molar-refractivity contribution is 5.29. The van der Waals surface area contributed by atoms with Gasteiger partial charge in [0.1, 0.15) is 5.76 Å². The van der Waals surface area contributed by atoms with E-state index in [2.05, 4.69) is 4.98 Å². The van der Waals surface area contributed by atoms with Crippen molar-refractivity contribution in [3.63, 3.8) is 0 Å². The third-order valence-electron chi connectivity index (χ3n) is 3.44. The van der Waals surface area contributed by atoms with Crippen LogP contribution in [0.15, 0.2) is 41.1 Å². The molecule has 0 fully saturated rings. The van der Waals surface area contributed by atoms with Gasteiger partial charge in [0.05, 0.1) is 11.9 Å². The first-order valence-electron chi connectivity index (χ1n) is 5.97. The second-order valence-corrected chi connectivity index (χ2v) is 4.64. The number of aliphatic hydroxyl groups is 1. The minimum absolute atomic E-state index is 0.556. The van der Waals surface area contributed by atoms with Crippen LogP contribution in [0.3, 0.4) is 0 Å². The summed E-state index contributed by atoms with van der Waals surface area (Å²) in [6, 6.07) is 7.67. The lowest BCUT2D eigenvalue weighted by Gasteiger charge is -2.31. The molecule has 3 nitrogen and oxygen atoms in total. The third kappa shape index (κ3) is 1.87. The number of hydrogen-bond donors (Lipinski definition) is 1. The van der Waals surface area contributed by atoms with E-state index in [9.17, 15) is 5.11 Å². The molecule has 0 aromatic carbocycles. The minimum atomic E-state index is -0.811. The Bertz CT molecular complexity index is 506. The van der Waals surface area contributed by atoms with E-state index in [1.54, 1.807) is 12.5 Å². The molecular weight excluding hydrogens is 214 g/mol. The van der Waals surface area contributed by atoms with E-state index in [1.807, 2.05) is 24.3 Å². The predicted octanol–water partition coefficient (Wildman–Crippen LogP) is 2.44. The largest absolute Gasteiger partial charge is 0.469 e. The van der Waals surface area contributed by atoms with Crippen molar-refractivity contribution in [2.75, 3.05) is 0 Å². The summed E-state index contributed by atoms with van der Waals surface area (Å²) in [5.74, 6) is 0.926. The van der Waals surface area contributed by atoms with Gasteiger partial charge in [0.25, 0.3) is 0 Å². The molecule has 17 heavy (non-hydrogen) atoms. The number of furan rings is 1. The van der Waals surface area contributed by atoms with Crippen molar-refractivity contribution in [2.45, 2.75) is 31.3 Å². The fourth-order valence-corrected chi connectivity index (χ4v) is 2.61. The van der Waals surface area contributed by atoms with Gasteiger partial charge in [0.2, 0.25) is 0 Å². The van der Waals surface area contributed by atoms with Gasteiger partial charge >= 0.3 is 0 Å². The fourth-order valence-electron chi connectivity index (χ4n) is 2.61. The number of aromatic nitrogens is 1. The first kappa shape index (κ1) is 10.5. The normalized spacial score (nSPS) is 23.4. The molecule has 1 atom stereocenters. The Morgan fingerprint density at radius 2 is 2.29 bits per heavy atom. The monoisotopic (exact) mass is 229 g/mol. The fraction of sp³-hybridized carbons (Fsp3) is 0.357. The standard InChI is InChI=1S/C14H15NO2/c16-14(10-11-4-1-2-8-15-11)7-3-5-13-12(14)6-9-17-13/h1-2,4,6,8-9,16H,3,5,7,10H2.